The molecule has 90 valence electrons. The van der Waals surface area contributed by atoms with Gasteiger partial charge in [-0.25, -0.2) is 0 Å². The first kappa shape index (κ1) is 14.8. The third-order valence-electron chi connectivity index (χ3n) is 1.64. The molecular formula is C10H16N2O3S. The van der Waals surface area contributed by atoms with E-state index >= 15 is 0 Å². The van der Waals surface area contributed by atoms with Crippen LogP contribution in [0.15, 0.2) is 18.2 Å². The number of nitrogens with one attached hydrogen (secondary N) is 1. The van der Waals surface area contributed by atoms with Crippen LogP contribution in [0.5, 0.6) is 11.5 Å². The minimum absolute atomic E-state index is 0.337. The van der Waals surface area contributed by atoms with Crippen LogP contribution in [0, 0.1) is 0 Å². The molecule has 0 aliphatic carbocycles. The average molecular weight is 244 g/mol. The molecule has 6 heteroatoms. The third-order valence-corrected chi connectivity index (χ3v) is 1.88. The van der Waals surface area contributed by atoms with Crippen molar-refractivity contribution >= 4 is 17.7 Å². The largest absolute Gasteiger partial charge is 0.497 e. The molecule has 0 aromatic heterocycles. The van der Waals surface area contributed by atoms with Gasteiger partial charge in [-0.15, -0.1) is 12.6 Å². The summed E-state index contributed by atoms with van der Waals surface area (Å²) in [4.78, 5) is 11.0. The fraction of sp³-hybridized carbons (Fsp3) is 0.300. The molecule has 0 fully saturated rings. The quantitative estimate of drug-likeness (QED) is 0.418. The number of rotatable bonds is 3. The lowest BCUT2D eigenvalue weighted by Gasteiger charge is -2.06. The Morgan fingerprint density at radius 2 is 1.94 bits per heavy atom. The van der Waals surface area contributed by atoms with Crippen molar-refractivity contribution < 1.29 is 14.3 Å². The zero-order valence-electron chi connectivity index (χ0n) is 9.48. The van der Waals surface area contributed by atoms with Gasteiger partial charge in [-0.3, -0.25) is 16.1 Å². The number of nitrogens with two attached hydrogens (primary N) is 1. The average Bonchev–Trinajstić information content (AvgIpc) is 2.29. The van der Waals surface area contributed by atoms with E-state index in [1.54, 1.807) is 25.2 Å². The summed E-state index contributed by atoms with van der Waals surface area (Å²) < 4.78 is 9.94. The van der Waals surface area contributed by atoms with Crippen molar-refractivity contribution in [2.75, 3.05) is 21.3 Å². The van der Waals surface area contributed by atoms with E-state index in [1.807, 2.05) is 0 Å². The number of hydrazine groups is 1. The molecule has 0 unspecified atom stereocenters. The highest BCUT2D eigenvalue weighted by Crippen LogP contribution is 2.24. The zero-order valence-corrected chi connectivity index (χ0v) is 10.4. The number of hydrogen-bond acceptors (Lipinski definition) is 5. The van der Waals surface area contributed by atoms with Crippen LogP contribution in [-0.2, 0) is 0 Å². The first-order valence-electron chi connectivity index (χ1n) is 4.43. The number of ether oxygens (including phenoxy) is 2. The molecule has 1 rings (SSSR count). The highest BCUT2D eigenvalue weighted by Gasteiger charge is 2.09. The van der Waals surface area contributed by atoms with Crippen LogP contribution in [0.3, 0.4) is 0 Å². The van der Waals surface area contributed by atoms with Gasteiger partial charge in [-0.05, 0) is 25.2 Å². The molecule has 0 heterocycles. The van der Waals surface area contributed by atoms with E-state index < -0.39 is 0 Å². The normalized spacial score (nSPS) is 8.81. The van der Waals surface area contributed by atoms with E-state index in [9.17, 15) is 4.79 Å². The molecule has 1 aromatic rings. The Bertz CT molecular complexity index is 345. The fourth-order valence-electron chi connectivity index (χ4n) is 0.981. The van der Waals surface area contributed by atoms with Crippen LogP contribution < -0.4 is 20.7 Å². The summed E-state index contributed by atoms with van der Waals surface area (Å²) in [5.41, 5.74) is 2.66. The summed E-state index contributed by atoms with van der Waals surface area (Å²) in [7, 11) is 4.69. The van der Waals surface area contributed by atoms with Crippen molar-refractivity contribution in [3.63, 3.8) is 0 Å². The molecule has 0 saturated carbocycles. The molecule has 1 aromatic carbocycles. The lowest BCUT2D eigenvalue weighted by atomic mass is 10.2. The summed E-state index contributed by atoms with van der Waals surface area (Å²) >= 11 is 3.72. The first-order chi connectivity index (χ1) is 7.60. The van der Waals surface area contributed by atoms with Gasteiger partial charge in [0.05, 0.1) is 19.8 Å². The molecule has 0 spiro atoms. The second-order valence-electron chi connectivity index (χ2n) is 2.66. The molecular weight excluding hydrogens is 228 g/mol. The monoisotopic (exact) mass is 244 g/mol. The van der Waals surface area contributed by atoms with E-state index in [2.05, 4.69) is 23.9 Å². The van der Waals surface area contributed by atoms with Crippen LogP contribution in [0.25, 0.3) is 0 Å². The van der Waals surface area contributed by atoms with Crippen LogP contribution in [0.2, 0.25) is 0 Å². The van der Waals surface area contributed by atoms with Gasteiger partial charge in [0.25, 0.3) is 0 Å². The second kappa shape index (κ2) is 7.98. The summed E-state index contributed by atoms with van der Waals surface area (Å²) in [6.07, 6.45) is 0. The zero-order chi connectivity index (χ0) is 12.6. The summed E-state index contributed by atoms with van der Waals surface area (Å²) in [6.45, 7) is 0. The molecule has 0 bridgehead atoms. The molecule has 5 nitrogen and oxygen atoms in total. The number of carbonyl (C=O) groups excluding carboxylic acids is 1. The molecule has 0 aliphatic heterocycles. The van der Waals surface area contributed by atoms with Gasteiger partial charge in [0.2, 0.25) is 5.12 Å². The SMILES string of the molecule is CNN.COc1ccc(OC)c(C(=O)S)c1. The van der Waals surface area contributed by atoms with Gasteiger partial charge in [0, 0.05) is 0 Å². The van der Waals surface area contributed by atoms with Crippen LogP contribution in [0.1, 0.15) is 10.4 Å². The third kappa shape index (κ3) is 4.52. The molecule has 0 saturated heterocycles. The van der Waals surface area contributed by atoms with Gasteiger partial charge in [0.1, 0.15) is 11.5 Å². The number of thiol groups is 1. The van der Waals surface area contributed by atoms with E-state index in [0.717, 1.165) is 0 Å². The minimum Gasteiger partial charge on any atom is -0.497 e. The Balaban J connectivity index is 0.000000673. The van der Waals surface area contributed by atoms with Crippen molar-refractivity contribution in [1.82, 2.24) is 5.43 Å². The first-order valence-corrected chi connectivity index (χ1v) is 4.88. The Morgan fingerprint density at radius 3 is 2.31 bits per heavy atom. The van der Waals surface area contributed by atoms with Crippen LogP contribution in [-0.4, -0.2) is 26.4 Å². The Hall–Kier alpha value is -1.24. The Labute approximate surface area is 100 Å². The van der Waals surface area contributed by atoms with Gasteiger partial charge in [-0.1, -0.05) is 0 Å². The van der Waals surface area contributed by atoms with Crippen molar-refractivity contribution in [2.24, 2.45) is 5.84 Å². The number of methoxy groups -OCH3 is 2. The van der Waals surface area contributed by atoms with Crippen molar-refractivity contribution in [1.29, 1.82) is 0 Å². The van der Waals surface area contributed by atoms with E-state index in [1.165, 1.54) is 14.2 Å². The topological polar surface area (TPSA) is 73.6 Å². The molecule has 0 atom stereocenters. The van der Waals surface area contributed by atoms with Gasteiger partial charge in [0.15, 0.2) is 0 Å². The van der Waals surface area contributed by atoms with E-state index in [-0.39, 0.29) is 5.12 Å². The minimum atomic E-state index is -0.337. The summed E-state index contributed by atoms with van der Waals surface area (Å²) in [6, 6.07) is 4.98. The molecule has 0 radical (unpaired) electrons. The van der Waals surface area contributed by atoms with Crippen molar-refractivity contribution in [3.8, 4) is 11.5 Å². The Kier molecular flexibility index (Phi) is 7.36. The lowest BCUT2D eigenvalue weighted by molar-refractivity contribution is 0.108. The maximum atomic E-state index is 11.0. The lowest BCUT2D eigenvalue weighted by Crippen LogP contribution is -2.13. The Morgan fingerprint density at radius 1 is 1.38 bits per heavy atom. The van der Waals surface area contributed by atoms with Gasteiger partial charge < -0.3 is 9.47 Å². The molecule has 0 aliphatic rings. The standard InChI is InChI=1S/C9H10O3S.CH6N2/c1-11-6-3-4-8(12-2)7(5-6)9(10)13;1-3-2/h3-5H,1-2H3,(H,10,13);3H,2H2,1H3. The van der Waals surface area contributed by atoms with Crippen LogP contribution >= 0.6 is 12.6 Å². The number of hydrogen-bond donors (Lipinski definition) is 3. The fourth-order valence-corrected chi connectivity index (χ4v) is 1.16. The maximum absolute atomic E-state index is 11.0. The predicted molar refractivity (Wildman–Crippen MR) is 66.1 cm³/mol. The summed E-state index contributed by atoms with van der Waals surface area (Å²) in [5, 5.41) is -0.337. The molecule has 16 heavy (non-hydrogen) atoms. The van der Waals surface area contributed by atoms with Crippen LogP contribution in [0.4, 0.5) is 0 Å². The highest BCUT2D eigenvalue weighted by atomic mass is 32.1. The molecule has 0 amide bonds. The highest BCUT2D eigenvalue weighted by molar-refractivity contribution is 7.97. The smallest absolute Gasteiger partial charge is 0.220 e. The van der Waals surface area contributed by atoms with E-state index in [0.29, 0.717) is 17.1 Å². The summed E-state index contributed by atoms with van der Waals surface area (Å²) in [5.74, 6) is 5.71. The van der Waals surface area contributed by atoms with E-state index in [4.69, 9.17) is 9.47 Å². The molecule has 3 N–H and O–H groups in total. The van der Waals surface area contributed by atoms with Gasteiger partial charge in [-0.2, -0.15) is 0 Å². The van der Waals surface area contributed by atoms with Gasteiger partial charge >= 0.3 is 0 Å². The second-order valence-corrected chi connectivity index (χ2v) is 3.07. The number of benzene rings is 1. The predicted octanol–water partition coefficient (Wildman–Crippen LogP) is 0.853. The maximum Gasteiger partial charge on any atom is 0.220 e. The number of carbonyl (C=O) groups is 1. The van der Waals surface area contributed by atoms with Crippen molar-refractivity contribution in [2.45, 2.75) is 0 Å². The van der Waals surface area contributed by atoms with Crippen molar-refractivity contribution in [3.05, 3.63) is 23.8 Å².